The molecule has 3 N–H and O–H groups in total. The number of benzene rings is 1. The van der Waals surface area contributed by atoms with E-state index in [1.165, 1.54) is 0 Å². The number of carbonyl (C=O) groups is 1. The molecule has 5 heteroatoms. The highest BCUT2D eigenvalue weighted by Crippen LogP contribution is 2.39. The van der Waals surface area contributed by atoms with Crippen molar-refractivity contribution < 1.29 is 9.90 Å². The Morgan fingerprint density at radius 3 is 2.88 bits per heavy atom. The van der Waals surface area contributed by atoms with Gasteiger partial charge in [0.2, 0.25) is 5.95 Å². The summed E-state index contributed by atoms with van der Waals surface area (Å²) in [7, 11) is 0. The van der Waals surface area contributed by atoms with E-state index in [0.717, 1.165) is 23.9 Å². The standard InChI is InChI=1S/C11H11N3O2/c12-11-13-8-4-1-6(10(15)16)5-9(8)14(11)7-2-3-7/h1,4-5,7H,2-3H2,(H2,12,13)(H,15,16). The molecule has 1 fully saturated rings. The zero-order valence-electron chi connectivity index (χ0n) is 8.55. The Morgan fingerprint density at radius 1 is 1.50 bits per heavy atom. The summed E-state index contributed by atoms with van der Waals surface area (Å²) in [5.74, 6) is -0.455. The molecule has 2 aromatic rings. The molecule has 0 bridgehead atoms. The average molecular weight is 217 g/mol. The van der Waals surface area contributed by atoms with Gasteiger partial charge >= 0.3 is 5.97 Å². The highest BCUT2D eigenvalue weighted by molar-refractivity contribution is 5.93. The van der Waals surface area contributed by atoms with E-state index in [1.807, 2.05) is 4.57 Å². The SMILES string of the molecule is Nc1nc2ccc(C(=O)O)cc2n1C1CC1. The number of hydrogen-bond acceptors (Lipinski definition) is 3. The second kappa shape index (κ2) is 2.98. The fourth-order valence-corrected chi connectivity index (χ4v) is 1.96. The Kier molecular flexibility index (Phi) is 1.71. The van der Waals surface area contributed by atoms with Crippen LogP contribution in [0.4, 0.5) is 5.95 Å². The molecule has 16 heavy (non-hydrogen) atoms. The van der Waals surface area contributed by atoms with Crippen molar-refractivity contribution in [2.75, 3.05) is 5.73 Å². The van der Waals surface area contributed by atoms with Gasteiger partial charge in [0.1, 0.15) is 0 Å². The van der Waals surface area contributed by atoms with E-state index in [-0.39, 0.29) is 5.56 Å². The van der Waals surface area contributed by atoms with Gasteiger partial charge in [0, 0.05) is 6.04 Å². The van der Waals surface area contributed by atoms with Crippen LogP contribution in [-0.2, 0) is 0 Å². The molecule has 0 unspecified atom stereocenters. The van der Waals surface area contributed by atoms with Crippen molar-refractivity contribution in [3.63, 3.8) is 0 Å². The Morgan fingerprint density at radius 2 is 2.25 bits per heavy atom. The topological polar surface area (TPSA) is 81.1 Å². The third-order valence-electron chi connectivity index (χ3n) is 2.88. The average Bonchev–Trinajstić information content (AvgIpc) is 3.00. The molecule has 1 aliphatic rings. The Balaban J connectivity index is 2.27. The third-order valence-corrected chi connectivity index (χ3v) is 2.88. The van der Waals surface area contributed by atoms with E-state index in [2.05, 4.69) is 4.98 Å². The summed E-state index contributed by atoms with van der Waals surface area (Å²) in [4.78, 5) is 15.1. The van der Waals surface area contributed by atoms with Crippen LogP contribution in [0.1, 0.15) is 29.2 Å². The molecule has 1 aromatic carbocycles. The summed E-state index contributed by atoms with van der Waals surface area (Å²) in [5.41, 5.74) is 7.68. The van der Waals surface area contributed by atoms with Crippen LogP contribution in [0.2, 0.25) is 0 Å². The number of imidazole rings is 1. The van der Waals surface area contributed by atoms with Gasteiger partial charge in [-0.2, -0.15) is 0 Å². The highest BCUT2D eigenvalue weighted by atomic mass is 16.4. The number of nitrogens with two attached hydrogens (primary N) is 1. The van der Waals surface area contributed by atoms with Crippen molar-refractivity contribution in [2.45, 2.75) is 18.9 Å². The van der Waals surface area contributed by atoms with Gasteiger partial charge in [-0.05, 0) is 31.0 Å². The molecule has 0 radical (unpaired) electrons. The van der Waals surface area contributed by atoms with Crippen LogP contribution >= 0.6 is 0 Å². The predicted molar refractivity (Wildman–Crippen MR) is 59.4 cm³/mol. The zero-order chi connectivity index (χ0) is 11.3. The van der Waals surface area contributed by atoms with Gasteiger partial charge in [-0.15, -0.1) is 0 Å². The lowest BCUT2D eigenvalue weighted by molar-refractivity contribution is 0.0697. The maximum Gasteiger partial charge on any atom is 0.335 e. The van der Waals surface area contributed by atoms with Gasteiger partial charge in [0.25, 0.3) is 0 Å². The van der Waals surface area contributed by atoms with E-state index in [9.17, 15) is 4.79 Å². The number of fused-ring (bicyclic) bond motifs is 1. The maximum absolute atomic E-state index is 10.9. The number of carboxylic acids is 1. The normalized spacial score (nSPS) is 15.5. The largest absolute Gasteiger partial charge is 0.478 e. The van der Waals surface area contributed by atoms with Crippen molar-refractivity contribution in [3.05, 3.63) is 23.8 Å². The van der Waals surface area contributed by atoms with Crippen molar-refractivity contribution >= 4 is 23.0 Å². The summed E-state index contributed by atoms with van der Waals surface area (Å²) in [6, 6.07) is 5.29. The maximum atomic E-state index is 10.9. The molecule has 0 atom stereocenters. The number of carboxylic acid groups (broad SMARTS) is 1. The third kappa shape index (κ3) is 1.25. The van der Waals surface area contributed by atoms with Gasteiger partial charge in [-0.25, -0.2) is 9.78 Å². The van der Waals surface area contributed by atoms with Crippen LogP contribution in [-0.4, -0.2) is 20.6 Å². The molecule has 1 aliphatic carbocycles. The molecular formula is C11H11N3O2. The fourth-order valence-electron chi connectivity index (χ4n) is 1.96. The van der Waals surface area contributed by atoms with Crippen LogP contribution in [0.15, 0.2) is 18.2 Å². The predicted octanol–water partition coefficient (Wildman–Crippen LogP) is 1.65. The minimum Gasteiger partial charge on any atom is -0.478 e. The first-order chi connectivity index (χ1) is 7.66. The molecule has 3 rings (SSSR count). The molecule has 1 saturated carbocycles. The van der Waals surface area contributed by atoms with Gasteiger partial charge in [0.15, 0.2) is 0 Å². The quantitative estimate of drug-likeness (QED) is 0.801. The van der Waals surface area contributed by atoms with Crippen molar-refractivity contribution in [1.29, 1.82) is 0 Å². The molecule has 0 spiro atoms. The second-order valence-corrected chi connectivity index (χ2v) is 4.08. The smallest absolute Gasteiger partial charge is 0.335 e. The van der Waals surface area contributed by atoms with Crippen LogP contribution in [0.5, 0.6) is 0 Å². The van der Waals surface area contributed by atoms with E-state index in [1.54, 1.807) is 18.2 Å². The van der Waals surface area contributed by atoms with Crippen molar-refractivity contribution in [3.8, 4) is 0 Å². The van der Waals surface area contributed by atoms with E-state index in [0.29, 0.717) is 12.0 Å². The van der Waals surface area contributed by atoms with Gasteiger partial charge < -0.3 is 15.4 Å². The number of rotatable bonds is 2. The summed E-state index contributed by atoms with van der Waals surface area (Å²) >= 11 is 0. The minimum atomic E-state index is -0.927. The molecule has 1 aromatic heterocycles. The van der Waals surface area contributed by atoms with Crippen LogP contribution < -0.4 is 5.73 Å². The van der Waals surface area contributed by atoms with Gasteiger partial charge in [-0.1, -0.05) is 0 Å². The molecule has 1 heterocycles. The molecule has 0 aliphatic heterocycles. The lowest BCUT2D eigenvalue weighted by Gasteiger charge is -2.03. The Bertz CT molecular complexity index is 584. The minimum absolute atomic E-state index is 0.273. The summed E-state index contributed by atoms with van der Waals surface area (Å²) in [5, 5.41) is 8.94. The van der Waals surface area contributed by atoms with Gasteiger partial charge in [-0.3, -0.25) is 0 Å². The first-order valence-electron chi connectivity index (χ1n) is 5.17. The van der Waals surface area contributed by atoms with E-state index >= 15 is 0 Å². The Hall–Kier alpha value is -2.04. The number of anilines is 1. The van der Waals surface area contributed by atoms with Crippen LogP contribution in [0.25, 0.3) is 11.0 Å². The molecule has 0 amide bonds. The lowest BCUT2D eigenvalue weighted by atomic mass is 10.2. The first kappa shape index (κ1) is 9.21. The molecule has 82 valence electrons. The number of aromatic carboxylic acids is 1. The summed E-state index contributed by atoms with van der Waals surface area (Å²) in [6.45, 7) is 0. The first-order valence-corrected chi connectivity index (χ1v) is 5.17. The molecule has 5 nitrogen and oxygen atoms in total. The van der Waals surface area contributed by atoms with Crippen molar-refractivity contribution in [1.82, 2.24) is 9.55 Å². The fraction of sp³-hybridized carbons (Fsp3) is 0.273. The van der Waals surface area contributed by atoms with Crippen LogP contribution in [0, 0.1) is 0 Å². The van der Waals surface area contributed by atoms with Crippen LogP contribution in [0.3, 0.4) is 0 Å². The number of hydrogen-bond donors (Lipinski definition) is 2. The van der Waals surface area contributed by atoms with Crippen molar-refractivity contribution in [2.24, 2.45) is 0 Å². The summed E-state index contributed by atoms with van der Waals surface area (Å²) in [6.07, 6.45) is 2.18. The number of aromatic nitrogens is 2. The Labute approximate surface area is 91.5 Å². The monoisotopic (exact) mass is 217 g/mol. The van der Waals surface area contributed by atoms with E-state index < -0.39 is 5.97 Å². The zero-order valence-corrected chi connectivity index (χ0v) is 8.55. The van der Waals surface area contributed by atoms with Gasteiger partial charge in [0.05, 0.1) is 16.6 Å². The lowest BCUT2D eigenvalue weighted by Crippen LogP contribution is -2.01. The highest BCUT2D eigenvalue weighted by Gasteiger charge is 2.27. The summed E-state index contributed by atoms with van der Waals surface area (Å²) < 4.78 is 1.93. The molecular weight excluding hydrogens is 206 g/mol. The molecule has 0 saturated heterocycles. The number of nitrogens with zero attached hydrogens (tertiary/aromatic N) is 2. The second-order valence-electron chi connectivity index (χ2n) is 4.08. The van der Waals surface area contributed by atoms with E-state index in [4.69, 9.17) is 10.8 Å². The number of nitrogen functional groups attached to an aromatic ring is 1.